The van der Waals surface area contributed by atoms with Gasteiger partial charge in [0.25, 0.3) is 16.8 Å². The maximum atomic E-state index is 14.1. The van der Waals surface area contributed by atoms with Gasteiger partial charge in [-0.2, -0.15) is 5.10 Å². The number of hydrogen-bond donors (Lipinski definition) is 6. The second kappa shape index (κ2) is 14.1. The number of aryl methyl sites for hydroxylation is 1. The highest BCUT2D eigenvalue weighted by Crippen LogP contribution is 2.29. The SMILES string of the molecule is C.COC(=O)c1ccc2c(c1)CC[C@@H]2N.Nc1c(NCc2cc(CNC(=O)c3cc(C(=O)O)n4ncc(N)c4n3)ccc2F)c(=O)c1=O. The molecule has 16 heteroatoms. The van der Waals surface area contributed by atoms with Crippen LogP contribution in [0.5, 0.6) is 0 Å². The molecular weight excluding hydrogens is 627 g/mol. The molecule has 1 aliphatic carbocycles. The lowest BCUT2D eigenvalue weighted by Gasteiger charge is -2.12. The van der Waals surface area contributed by atoms with Crippen molar-refractivity contribution < 1.29 is 28.6 Å². The van der Waals surface area contributed by atoms with E-state index in [1.807, 2.05) is 12.1 Å². The first kappa shape index (κ1) is 34.7. The number of anilines is 3. The van der Waals surface area contributed by atoms with Gasteiger partial charge in [0, 0.05) is 30.8 Å². The first-order valence-electron chi connectivity index (χ1n) is 14.1. The molecule has 0 bridgehead atoms. The number of nitrogens with two attached hydrogens (primary N) is 3. The third-order valence-corrected chi connectivity index (χ3v) is 7.61. The quantitative estimate of drug-likeness (QED) is 0.103. The third-order valence-electron chi connectivity index (χ3n) is 7.61. The van der Waals surface area contributed by atoms with Crippen molar-refractivity contribution in [1.82, 2.24) is 19.9 Å². The van der Waals surface area contributed by atoms with Gasteiger partial charge in [0.1, 0.15) is 22.9 Å². The van der Waals surface area contributed by atoms with Crippen LogP contribution < -0.4 is 38.7 Å². The number of amides is 1. The van der Waals surface area contributed by atoms with Crippen LogP contribution in [0.25, 0.3) is 5.65 Å². The molecule has 6 rings (SSSR count). The van der Waals surface area contributed by atoms with Crippen molar-refractivity contribution in [1.29, 1.82) is 0 Å². The molecule has 250 valence electrons. The van der Waals surface area contributed by atoms with E-state index in [0.717, 1.165) is 29.0 Å². The second-order valence-corrected chi connectivity index (χ2v) is 10.6. The zero-order valence-electron chi connectivity index (χ0n) is 24.9. The monoisotopic (exact) mass is 660 g/mol. The number of carbonyl (C=O) groups is 3. The van der Waals surface area contributed by atoms with Gasteiger partial charge in [-0.3, -0.25) is 14.4 Å². The fraction of sp³-hybridized carbons (Fsp3) is 0.219. The molecular formula is C32H33FN8O7. The largest absolute Gasteiger partial charge is 0.477 e. The summed E-state index contributed by atoms with van der Waals surface area (Å²) in [5.41, 5.74) is 18.5. The summed E-state index contributed by atoms with van der Waals surface area (Å²) in [6, 6.07) is 10.9. The Labute approximate surface area is 272 Å². The van der Waals surface area contributed by atoms with Crippen LogP contribution in [0, 0.1) is 5.82 Å². The van der Waals surface area contributed by atoms with Crippen molar-refractivity contribution in [3.05, 3.63) is 114 Å². The molecule has 0 unspecified atom stereocenters. The van der Waals surface area contributed by atoms with E-state index in [1.165, 1.54) is 37.1 Å². The number of nitrogens with one attached hydrogen (secondary N) is 2. The van der Waals surface area contributed by atoms with E-state index in [2.05, 4.69) is 25.5 Å². The fourth-order valence-corrected chi connectivity index (χ4v) is 5.06. The molecule has 0 radical (unpaired) electrons. The summed E-state index contributed by atoms with van der Waals surface area (Å²) in [7, 11) is 1.39. The van der Waals surface area contributed by atoms with E-state index in [1.54, 1.807) is 6.07 Å². The van der Waals surface area contributed by atoms with Gasteiger partial charge in [-0.1, -0.05) is 19.6 Å². The average molecular weight is 661 g/mol. The first-order chi connectivity index (χ1) is 22.4. The average Bonchev–Trinajstić information content (AvgIpc) is 3.64. The molecule has 2 heterocycles. The fourth-order valence-electron chi connectivity index (χ4n) is 5.06. The molecule has 0 saturated carbocycles. The number of esters is 1. The summed E-state index contributed by atoms with van der Waals surface area (Å²) >= 11 is 0. The van der Waals surface area contributed by atoms with Crippen LogP contribution in [-0.2, 0) is 24.2 Å². The van der Waals surface area contributed by atoms with E-state index in [4.69, 9.17) is 17.2 Å². The van der Waals surface area contributed by atoms with Gasteiger partial charge in [-0.25, -0.2) is 23.5 Å². The Morgan fingerprint density at radius 3 is 2.52 bits per heavy atom. The van der Waals surface area contributed by atoms with Crippen LogP contribution in [0.15, 0.2) is 58.3 Å². The number of carbonyl (C=O) groups excluding carboxylic acids is 2. The van der Waals surface area contributed by atoms with Gasteiger partial charge in [0.2, 0.25) is 0 Å². The maximum Gasteiger partial charge on any atom is 0.354 e. The summed E-state index contributed by atoms with van der Waals surface area (Å²) in [5.74, 6) is -2.85. The standard InChI is InChI=1S/C20H16FN7O5.C11H13NO2.CH4/c21-10-2-1-8(3-9(10)6-24-15-14(23)16(29)17(15)30)5-25-19(31)12-4-13(20(32)33)28-18(27-12)11(22)7-26-28;1-14-11(13)8-2-4-9-7(6-8)3-5-10(9)12;/h1-4,7,24H,5-6,22-23H2,(H,25,31)(H,32,33);2,4,6,10H,3,5,12H2,1H3;1H4/t;10-;/m.0./s1. The molecule has 0 aliphatic heterocycles. The van der Waals surface area contributed by atoms with Crippen molar-refractivity contribution in [3.8, 4) is 0 Å². The Morgan fingerprint density at radius 1 is 1.08 bits per heavy atom. The number of aromatic nitrogens is 3. The summed E-state index contributed by atoms with van der Waals surface area (Å²) in [5, 5.41) is 18.4. The van der Waals surface area contributed by atoms with Crippen LogP contribution >= 0.6 is 0 Å². The lowest BCUT2D eigenvalue weighted by Crippen LogP contribution is -2.37. The molecule has 1 amide bonds. The van der Waals surface area contributed by atoms with Gasteiger partial charge in [0.15, 0.2) is 11.3 Å². The lowest BCUT2D eigenvalue weighted by atomic mass is 10.1. The highest BCUT2D eigenvalue weighted by Gasteiger charge is 2.21. The minimum absolute atomic E-state index is 0. The predicted octanol–water partition coefficient (Wildman–Crippen LogP) is 1.92. The Bertz CT molecular complexity index is 2120. The number of nitrogen functional groups attached to an aromatic ring is 2. The van der Waals surface area contributed by atoms with E-state index in [9.17, 15) is 33.5 Å². The maximum absolute atomic E-state index is 14.1. The van der Waals surface area contributed by atoms with E-state index in [0.29, 0.717) is 11.1 Å². The van der Waals surface area contributed by atoms with Crippen LogP contribution in [0.3, 0.4) is 0 Å². The Morgan fingerprint density at radius 2 is 1.83 bits per heavy atom. The summed E-state index contributed by atoms with van der Waals surface area (Å²) in [6.07, 6.45) is 3.16. The number of benzene rings is 2. The molecule has 0 spiro atoms. The van der Waals surface area contributed by atoms with Gasteiger partial charge < -0.3 is 37.7 Å². The van der Waals surface area contributed by atoms with Crippen molar-refractivity contribution >= 4 is 40.6 Å². The number of carboxylic acids is 1. The van der Waals surface area contributed by atoms with Gasteiger partial charge in [-0.15, -0.1) is 0 Å². The molecule has 1 atom stereocenters. The van der Waals surface area contributed by atoms with Crippen molar-refractivity contribution in [3.63, 3.8) is 0 Å². The number of methoxy groups -OCH3 is 1. The predicted molar refractivity (Wildman–Crippen MR) is 175 cm³/mol. The van der Waals surface area contributed by atoms with Crippen LogP contribution in [0.1, 0.15) is 73.5 Å². The number of hydrogen-bond acceptors (Lipinski definition) is 12. The molecule has 9 N–H and O–H groups in total. The normalized spacial score (nSPS) is 13.2. The topological polar surface area (TPSA) is 247 Å². The number of aromatic carboxylic acids is 1. The summed E-state index contributed by atoms with van der Waals surface area (Å²) in [6.45, 7) is -0.137. The van der Waals surface area contributed by atoms with Crippen molar-refractivity contribution in [2.75, 3.05) is 23.9 Å². The molecule has 1 aliphatic rings. The van der Waals surface area contributed by atoms with Gasteiger partial charge in [0.05, 0.1) is 24.6 Å². The highest BCUT2D eigenvalue weighted by atomic mass is 19.1. The van der Waals surface area contributed by atoms with Gasteiger partial charge >= 0.3 is 11.9 Å². The molecule has 48 heavy (non-hydrogen) atoms. The third kappa shape index (κ3) is 6.82. The lowest BCUT2D eigenvalue weighted by molar-refractivity contribution is 0.0599. The molecule has 0 saturated heterocycles. The molecule has 2 aromatic heterocycles. The minimum Gasteiger partial charge on any atom is -0.477 e. The Hall–Kier alpha value is -6.16. The molecule has 0 fully saturated rings. The van der Waals surface area contributed by atoms with Crippen molar-refractivity contribution in [2.24, 2.45) is 5.73 Å². The smallest absolute Gasteiger partial charge is 0.354 e. The zero-order chi connectivity index (χ0) is 34.0. The van der Waals surface area contributed by atoms with Crippen LogP contribution in [0.2, 0.25) is 0 Å². The van der Waals surface area contributed by atoms with E-state index < -0.39 is 28.6 Å². The Kier molecular flexibility index (Phi) is 10.2. The number of halogens is 1. The number of nitrogens with zero attached hydrogens (tertiary/aromatic N) is 3. The number of rotatable bonds is 8. The van der Waals surface area contributed by atoms with Crippen molar-refractivity contribution in [2.45, 2.75) is 39.4 Å². The molecule has 15 nitrogen and oxygen atoms in total. The molecule has 5 aromatic rings. The minimum atomic E-state index is -1.32. The van der Waals surface area contributed by atoms with E-state index in [-0.39, 0.29) is 72.2 Å². The first-order valence-corrected chi connectivity index (χ1v) is 14.1. The zero-order valence-corrected chi connectivity index (χ0v) is 24.9. The number of ether oxygens (including phenoxy) is 1. The summed E-state index contributed by atoms with van der Waals surface area (Å²) < 4.78 is 19.8. The summed E-state index contributed by atoms with van der Waals surface area (Å²) in [4.78, 5) is 62.0. The second-order valence-electron chi connectivity index (χ2n) is 10.6. The number of carboxylic acid groups (broad SMARTS) is 1. The van der Waals surface area contributed by atoms with Crippen LogP contribution in [-0.4, -0.2) is 44.7 Å². The van der Waals surface area contributed by atoms with E-state index >= 15 is 0 Å². The number of fused-ring (bicyclic) bond motifs is 2. The van der Waals surface area contributed by atoms with Gasteiger partial charge in [-0.05, 0) is 53.8 Å². The Balaban J connectivity index is 0.000000290. The highest BCUT2D eigenvalue weighted by molar-refractivity contribution is 5.96. The molecule has 3 aromatic carbocycles. The van der Waals surface area contributed by atoms with Crippen LogP contribution in [0.4, 0.5) is 21.5 Å².